The van der Waals surface area contributed by atoms with Crippen molar-refractivity contribution in [1.29, 1.82) is 0 Å². The van der Waals surface area contributed by atoms with Crippen molar-refractivity contribution in [2.24, 2.45) is 0 Å². The van der Waals surface area contributed by atoms with Crippen LogP contribution in [0, 0.1) is 15.2 Å². The normalized spacial score (nSPS) is 11.8. The zero-order valence-electron chi connectivity index (χ0n) is 7.71. The molecule has 1 N–H and O–H groups in total. The fourth-order valence-electron chi connectivity index (χ4n) is 0.964. The summed E-state index contributed by atoms with van der Waals surface area (Å²) in [4.78, 5) is 11.6. The van der Waals surface area contributed by atoms with Crippen molar-refractivity contribution in [1.82, 2.24) is 5.32 Å². The van der Waals surface area contributed by atoms with E-state index in [9.17, 15) is 4.79 Å². The molecule has 1 aromatic rings. The SMILES string of the molecule is C#CCC(C)NC(=O)c1csc(I)c1. The Labute approximate surface area is 101 Å². The van der Waals surface area contributed by atoms with Crippen LogP contribution in [-0.4, -0.2) is 11.9 Å². The van der Waals surface area contributed by atoms with Crippen LogP contribution in [0.3, 0.4) is 0 Å². The van der Waals surface area contributed by atoms with E-state index in [1.165, 1.54) is 0 Å². The first-order valence-electron chi connectivity index (χ1n) is 4.12. The third-order valence-electron chi connectivity index (χ3n) is 1.63. The summed E-state index contributed by atoms with van der Waals surface area (Å²) in [5, 5.41) is 4.68. The molecular weight excluding hydrogens is 309 g/mol. The quantitative estimate of drug-likeness (QED) is 0.673. The molecule has 0 bridgehead atoms. The average Bonchev–Trinajstić information content (AvgIpc) is 2.52. The minimum atomic E-state index is -0.0492. The minimum Gasteiger partial charge on any atom is -0.349 e. The maximum atomic E-state index is 11.6. The van der Waals surface area contributed by atoms with E-state index in [0.29, 0.717) is 12.0 Å². The monoisotopic (exact) mass is 319 g/mol. The molecule has 1 rings (SSSR count). The Bertz CT molecular complexity index is 366. The summed E-state index contributed by atoms with van der Waals surface area (Å²) in [6.07, 6.45) is 5.71. The van der Waals surface area contributed by atoms with Crippen LogP contribution in [0.2, 0.25) is 0 Å². The van der Waals surface area contributed by atoms with Crippen LogP contribution in [0.25, 0.3) is 0 Å². The highest BCUT2D eigenvalue weighted by Crippen LogP contribution is 2.16. The number of nitrogens with one attached hydrogen (secondary N) is 1. The van der Waals surface area contributed by atoms with Crippen molar-refractivity contribution in [2.75, 3.05) is 0 Å². The Morgan fingerprint density at radius 1 is 1.86 bits per heavy atom. The predicted octanol–water partition coefficient (Wildman–Crippen LogP) is 2.49. The second-order valence-electron chi connectivity index (χ2n) is 2.92. The number of carbonyl (C=O) groups is 1. The van der Waals surface area contributed by atoms with Gasteiger partial charge in [0.15, 0.2) is 0 Å². The molecule has 0 fully saturated rings. The molecule has 0 aliphatic carbocycles. The molecule has 2 nitrogen and oxygen atoms in total. The molecule has 1 heterocycles. The average molecular weight is 319 g/mol. The molecule has 0 spiro atoms. The molecule has 0 saturated heterocycles. The van der Waals surface area contributed by atoms with Crippen LogP contribution in [0.1, 0.15) is 23.7 Å². The summed E-state index contributed by atoms with van der Waals surface area (Å²) >= 11 is 3.75. The first kappa shape index (κ1) is 11.5. The molecule has 0 aliphatic heterocycles. The largest absolute Gasteiger partial charge is 0.349 e. The first-order valence-corrected chi connectivity index (χ1v) is 6.07. The maximum Gasteiger partial charge on any atom is 0.252 e. The standard InChI is InChI=1S/C10H10INOS/c1-3-4-7(2)12-10(13)8-5-9(11)14-6-8/h1,5-7H,4H2,2H3,(H,12,13). The van der Waals surface area contributed by atoms with Gasteiger partial charge < -0.3 is 5.32 Å². The predicted molar refractivity (Wildman–Crippen MR) is 67.4 cm³/mol. The third-order valence-corrected chi connectivity index (χ3v) is 3.42. The van der Waals surface area contributed by atoms with E-state index in [-0.39, 0.29) is 11.9 Å². The molecule has 4 heteroatoms. The summed E-state index contributed by atoms with van der Waals surface area (Å²) in [6.45, 7) is 1.90. The number of carbonyl (C=O) groups excluding carboxylic acids is 1. The topological polar surface area (TPSA) is 29.1 Å². The van der Waals surface area contributed by atoms with Gasteiger partial charge in [-0.2, -0.15) is 0 Å². The molecule has 14 heavy (non-hydrogen) atoms. The molecule has 1 amide bonds. The van der Waals surface area contributed by atoms with E-state index in [2.05, 4.69) is 33.8 Å². The second kappa shape index (κ2) is 5.37. The van der Waals surface area contributed by atoms with Crippen LogP contribution >= 0.6 is 33.9 Å². The Morgan fingerprint density at radius 2 is 2.57 bits per heavy atom. The van der Waals surface area contributed by atoms with E-state index in [4.69, 9.17) is 6.42 Å². The maximum absolute atomic E-state index is 11.6. The van der Waals surface area contributed by atoms with Gasteiger partial charge in [-0.05, 0) is 35.6 Å². The smallest absolute Gasteiger partial charge is 0.252 e. The molecular formula is C10H10INOS. The van der Waals surface area contributed by atoms with Crippen molar-refractivity contribution in [3.63, 3.8) is 0 Å². The lowest BCUT2D eigenvalue weighted by atomic mass is 10.2. The van der Waals surface area contributed by atoms with Gasteiger partial charge >= 0.3 is 0 Å². The highest BCUT2D eigenvalue weighted by Gasteiger charge is 2.10. The van der Waals surface area contributed by atoms with Crippen molar-refractivity contribution in [3.05, 3.63) is 19.9 Å². The Kier molecular flexibility index (Phi) is 4.42. The van der Waals surface area contributed by atoms with Gasteiger partial charge in [0.05, 0.1) is 8.45 Å². The lowest BCUT2D eigenvalue weighted by Gasteiger charge is -2.09. The molecule has 1 atom stereocenters. The fraction of sp³-hybridized carbons (Fsp3) is 0.300. The van der Waals surface area contributed by atoms with Crippen LogP contribution in [0.15, 0.2) is 11.4 Å². The van der Waals surface area contributed by atoms with Gasteiger partial charge in [0.25, 0.3) is 5.91 Å². The lowest BCUT2D eigenvalue weighted by molar-refractivity contribution is 0.0941. The molecule has 0 radical (unpaired) electrons. The van der Waals surface area contributed by atoms with E-state index in [1.54, 1.807) is 11.3 Å². The molecule has 0 aliphatic rings. The van der Waals surface area contributed by atoms with Gasteiger partial charge in [-0.15, -0.1) is 23.7 Å². The number of thiophene rings is 1. The Balaban J connectivity index is 2.55. The van der Waals surface area contributed by atoms with E-state index in [1.807, 2.05) is 18.4 Å². The summed E-state index contributed by atoms with van der Waals surface area (Å²) in [7, 11) is 0. The van der Waals surface area contributed by atoms with E-state index in [0.717, 1.165) is 2.88 Å². The van der Waals surface area contributed by atoms with Crippen LogP contribution in [0.5, 0.6) is 0 Å². The van der Waals surface area contributed by atoms with Gasteiger partial charge in [-0.1, -0.05) is 0 Å². The molecule has 0 saturated carbocycles. The van der Waals surface area contributed by atoms with Crippen molar-refractivity contribution in [2.45, 2.75) is 19.4 Å². The first-order chi connectivity index (χ1) is 6.63. The van der Waals surface area contributed by atoms with Crippen LogP contribution in [-0.2, 0) is 0 Å². The van der Waals surface area contributed by atoms with Crippen LogP contribution in [0.4, 0.5) is 0 Å². The molecule has 74 valence electrons. The number of amides is 1. The third kappa shape index (κ3) is 3.31. The highest BCUT2D eigenvalue weighted by molar-refractivity contribution is 14.1. The van der Waals surface area contributed by atoms with Crippen molar-refractivity contribution in [3.8, 4) is 12.3 Å². The van der Waals surface area contributed by atoms with E-state index >= 15 is 0 Å². The number of halogens is 1. The van der Waals surface area contributed by atoms with Gasteiger partial charge in [-0.3, -0.25) is 4.79 Å². The number of hydrogen-bond acceptors (Lipinski definition) is 2. The summed E-state index contributed by atoms with van der Waals surface area (Å²) in [5.41, 5.74) is 0.711. The highest BCUT2D eigenvalue weighted by atomic mass is 127. The number of rotatable bonds is 3. The summed E-state index contributed by atoms with van der Waals surface area (Å²) < 4.78 is 1.11. The molecule has 1 unspecified atom stereocenters. The molecule has 0 aromatic carbocycles. The van der Waals surface area contributed by atoms with Gasteiger partial charge in [0.2, 0.25) is 0 Å². The van der Waals surface area contributed by atoms with Gasteiger partial charge in [0.1, 0.15) is 0 Å². The number of terminal acetylenes is 1. The Morgan fingerprint density at radius 3 is 3.07 bits per heavy atom. The zero-order chi connectivity index (χ0) is 10.6. The second-order valence-corrected chi connectivity index (χ2v) is 5.73. The summed E-state index contributed by atoms with van der Waals surface area (Å²) in [5.74, 6) is 2.47. The number of hydrogen-bond donors (Lipinski definition) is 1. The molecule has 1 aromatic heterocycles. The van der Waals surface area contributed by atoms with Crippen molar-refractivity contribution < 1.29 is 4.79 Å². The lowest BCUT2D eigenvalue weighted by Crippen LogP contribution is -2.31. The fourth-order valence-corrected chi connectivity index (χ4v) is 2.29. The van der Waals surface area contributed by atoms with Crippen molar-refractivity contribution >= 4 is 39.8 Å². The Hall–Kier alpha value is -0.540. The summed E-state index contributed by atoms with van der Waals surface area (Å²) in [6, 6.07) is 1.90. The van der Waals surface area contributed by atoms with E-state index < -0.39 is 0 Å². The minimum absolute atomic E-state index is 0.0325. The zero-order valence-corrected chi connectivity index (χ0v) is 10.7. The van der Waals surface area contributed by atoms with Gasteiger partial charge in [0, 0.05) is 17.8 Å². The van der Waals surface area contributed by atoms with Crippen LogP contribution < -0.4 is 5.32 Å². The van der Waals surface area contributed by atoms with Gasteiger partial charge in [-0.25, -0.2) is 0 Å².